The van der Waals surface area contributed by atoms with Gasteiger partial charge in [0.15, 0.2) is 6.61 Å². The van der Waals surface area contributed by atoms with E-state index in [4.69, 9.17) is 21.1 Å². The smallest absolute Gasteiger partial charge is 0.338 e. The summed E-state index contributed by atoms with van der Waals surface area (Å²) in [6.07, 6.45) is 1.58. The van der Waals surface area contributed by atoms with E-state index in [1.54, 1.807) is 54.6 Å². The van der Waals surface area contributed by atoms with Crippen LogP contribution in [0.15, 0.2) is 77.7 Å². The van der Waals surface area contributed by atoms with Crippen molar-refractivity contribution in [3.05, 3.63) is 99.4 Å². The Hall–Kier alpha value is -4.08. The molecule has 0 aliphatic carbocycles. The van der Waals surface area contributed by atoms with Crippen molar-refractivity contribution < 1.29 is 28.7 Å². The van der Waals surface area contributed by atoms with E-state index < -0.39 is 24.4 Å². The van der Waals surface area contributed by atoms with Crippen LogP contribution in [0.3, 0.4) is 0 Å². The quantitative estimate of drug-likeness (QED) is 0.275. The number of carbonyl (C=O) groups excluding carboxylic acids is 4. The average Bonchev–Trinajstić information content (AvgIpc) is 3.17. The van der Waals surface area contributed by atoms with E-state index >= 15 is 0 Å². The Morgan fingerprint density at radius 2 is 1.66 bits per heavy atom. The van der Waals surface area contributed by atoms with E-state index in [1.165, 1.54) is 12.1 Å². The fourth-order valence-corrected chi connectivity index (χ4v) is 4.38. The van der Waals surface area contributed by atoms with Crippen LogP contribution in [0.4, 0.5) is 10.5 Å². The fraction of sp³-hybridized carbons (Fsp3) is 0.143. The molecule has 1 aliphatic rings. The lowest BCUT2D eigenvalue weighted by Crippen LogP contribution is -2.32. The van der Waals surface area contributed by atoms with Crippen LogP contribution in [-0.2, 0) is 14.3 Å². The number of halogens is 1. The van der Waals surface area contributed by atoms with Gasteiger partial charge in [0.05, 0.1) is 17.0 Å². The summed E-state index contributed by atoms with van der Waals surface area (Å²) in [6, 6.07) is 20.3. The van der Waals surface area contributed by atoms with Crippen molar-refractivity contribution in [1.29, 1.82) is 0 Å². The molecule has 0 unspecified atom stereocenters. The number of anilines is 1. The van der Waals surface area contributed by atoms with Gasteiger partial charge in [-0.15, -0.1) is 0 Å². The Morgan fingerprint density at radius 3 is 2.34 bits per heavy atom. The number of hydrogen-bond donors (Lipinski definition) is 1. The minimum absolute atomic E-state index is 0.104. The minimum Gasteiger partial charge on any atom is -0.492 e. The molecule has 8 nitrogen and oxygen atoms in total. The second-order valence-corrected chi connectivity index (χ2v) is 9.68. The second kappa shape index (κ2) is 12.4. The highest BCUT2D eigenvalue weighted by Crippen LogP contribution is 2.32. The first kappa shape index (κ1) is 27.0. The van der Waals surface area contributed by atoms with E-state index in [0.717, 1.165) is 22.2 Å². The monoisotopic (exact) mass is 550 g/mol. The lowest BCUT2D eigenvalue weighted by Gasteiger charge is -2.13. The van der Waals surface area contributed by atoms with Gasteiger partial charge in [-0.25, -0.2) is 4.79 Å². The first-order valence-corrected chi connectivity index (χ1v) is 12.8. The zero-order valence-corrected chi connectivity index (χ0v) is 21.9. The van der Waals surface area contributed by atoms with E-state index in [1.807, 2.05) is 19.1 Å². The Morgan fingerprint density at radius 1 is 0.974 bits per heavy atom. The van der Waals surface area contributed by atoms with Crippen LogP contribution in [-0.4, -0.2) is 47.7 Å². The number of imide groups is 1. The van der Waals surface area contributed by atoms with E-state index in [9.17, 15) is 19.2 Å². The molecule has 1 N–H and O–H groups in total. The molecule has 1 saturated heterocycles. The Labute approximate surface area is 228 Å². The standard InChI is InChI=1S/C28H23ClN2O6S/c1-18-2-10-22(11-3-18)30-25(32)17-37-27(34)20-6-4-19(5-7-20)16-24-26(33)31(28(35)38-24)14-15-36-23-12-8-21(29)9-13-23/h2-13,16H,14-15,17H2,1H3,(H,30,32)/b24-16-. The molecule has 38 heavy (non-hydrogen) atoms. The molecule has 1 fully saturated rings. The van der Waals surface area contributed by atoms with Crippen LogP contribution in [0, 0.1) is 6.92 Å². The van der Waals surface area contributed by atoms with Crippen LogP contribution in [0.5, 0.6) is 5.75 Å². The summed E-state index contributed by atoms with van der Waals surface area (Å²) in [4.78, 5) is 50.8. The molecule has 0 atom stereocenters. The minimum atomic E-state index is -0.656. The van der Waals surface area contributed by atoms with Crippen molar-refractivity contribution in [3.8, 4) is 5.75 Å². The van der Waals surface area contributed by atoms with Crippen LogP contribution in [0.1, 0.15) is 21.5 Å². The molecule has 194 valence electrons. The largest absolute Gasteiger partial charge is 0.492 e. The van der Waals surface area contributed by atoms with E-state index in [0.29, 0.717) is 22.0 Å². The maximum absolute atomic E-state index is 12.7. The third-order valence-corrected chi connectivity index (χ3v) is 6.54. The molecule has 0 radical (unpaired) electrons. The third kappa shape index (κ3) is 7.24. The maximum atomic E-state index is 12.7. The number of benzene rings is 3. The zero-order valence-electron chi connectivity index (χ0n) is 20.3. The number of nitrogens with one attached hydrogen (secondary N) is 1. The number of ether oxygens (including phenoxy) is 2. The van der Waals surface area contributed by atoms with Gasteiger partial charge < -0.3 is 14.8 Å². The van der Waals surface area contributed by atoms with Crippen LogP contribution in [0.2, 0.25) is 5.02 Å². The number of carbonyl (C=O) groups is 4. The first-order valence-electron chi connectivity index (χ1n) is 11.6. The molecule has 1 aliphatic heterocycles. The number of hydrogen-bond acceptors (Lipinski definition) is 7. The van der Waals surface area contributed by atoms with Crippen LogP contribution < -0.4 is 10.1 Å². The third-order valence-electron chi connectivity index (χ3n) is 5.38. The molecule has 4 rings (SSSR count). The summed E-state index contributed by atoms with van der Waals surface area (Å²) in [5.41, 5.74) is 2.55. The van der Waals surface area contributed by atoms with Crippen molar-refractivity contribution in [2.45, 2.75) is 6.92 Å². The second-order valence-electron chi connectivity index (χ2n) is 8.25. The van der Waals surface area contributed by atoms with Gasteiger partial charge in [0.2, 0.25) is 0 Å². The highest BCUT2D eigenvalue weighted by Gasteiger charge is 2.34. The van der Waals surface area contributed by atoms with E-state index in [-0.39, 0.29) is 28.9 Å². The average molecular weight is 551 g/mol. The highest BCUT2D eigenvalue weighted by atomic mass is 35.5. The van der Waals surface area contributed by atoms with Gasteiger partial charge in [0.25, 0.3) is 17.1 Å². The Balaban J connectivity index is 1.27. The number of aryl methyl sites for hydroxylation is 1. The molecule has 1 heterocycles. The molecular formula is C28H23ClN2O6S. The predicted octanol–water partition coefficient (Wildman–Crippen LogP) is 5.56. The first-order chi connectivity index (χ1) is 18.3. The van der Waals surface area contributed by atoms with Crippen molar-refractivity contribution in [3.63, 3.8) is 0 Å². The van der Waals surface area contributed by atoms with Gasteiger partial charge in [0.1, 0.15) is 12.4 Å². The Bertz CT molecular complexity index is 1370. The van der Waals surface area contributed by atoms with Crippen molar-refractivity contribution >= 4 is 58.1 Å². The molecule has 0 spiro atoms. The van der Waals surface area contributed by atoms with Crippen molar-refractivity contribution in [2.24, 2.45) is 0 Å². The lowest BCUT2D eigenvalue weighted by molar-refractivity contribution is -0.123. The number of nitrogens with zero attached hydrogens (tertiary/aromatic N) is 1. The normalized spacial score (nSPS) is 14.1. The molecule has 3 amide bonds. The van der Waals surface area contributed by atoms with Crippen molar-refractivity contribution in [1.82, 2.24) is 4.90 Å². The number of rotatable bonds is 9. The summed E-state index contributed by atoms with van der Waals surface area (Å²) >= 11 is 6.69. The van der Waals surface area contributed by atoms with E-state index in [2.05, 4.69) is 5.32 Å². The summed E-state index contributed by atoms with van der Waals surface area (Å²) < 4.78 is 10.7. The highest BCUT2D eigenvalue weighted by molar-refractivity contribution is 8.18. The molecule has 3 aromatic rings. The molecular weight excluding hydrogens is 528 g/mol. The number of thioether (sulfide) groups is 1. The van der Waals surface area contributed by atoms with Gasteiger partial charge in [-0.05, 0) is 78.9 Å². The maximum Gasteiger partial charge on any atom is 0.338 e. The summed E-state index contributed by atoms with van der Waals surface area (Å²) in [6.45, 7) is 1.76. The molecule has 0 saturated carbocycles. The van der Waals surface area contributed by atoms with Gasteiger partial charge >= 0.3 is 5.97 Å². The summed E-state index contributed by atoms with van der Waals surface area (Å²) in [7, 11) is 0. The molecule has 0 aromatic heterocycles. The van der Waals surface area contributed by atoms with Crippen LogP contribution in [0.25, 0.3) is 6.08 Å². The number of amides is 3. The SMILES string of the molecule is Cc1ccc(NC(=O)COC(=O)c2ccc(/C=C3\SC(=O)N(CCOc4ccc(Cl)cc4)C3=O)cc2)cc1. The summed E-state index contributed by atoms with van der Waals surface area (Å²) in [5, 5.41) is 2.86. The van der Waals surface area contributed by atoms with Gasteiger partial charge in [-0.2, -0.15) is 0 Å². The lowest BCUT2D eigenvalue weighted by atomic mass is 10.1. The Kier molecular flexibility index (Phi) is 8.83. The molecule has 10 heteroatoms. The van der Waals surface area contributed by atoms with Gasteiger partial charge in [-0.3, -0.25) is 19.3 Å². The molecule has 0 bridgehead atoms. The number of esters is 1. The van der Waals surface area contributed by atoms with Gasteiger partial charge in [-0.1, -0.05) is 41.4 Å². The van der Waals surface area contributed by atoms with Gasteiger partial charge in [0, 0.05) is 10.7 Å². The predicted molar refractivity (Wildman–Crippen MR) is 146 cm³/mol. The topological polar surface area (TPSA) is 102 Å². The van der Waals surface area contributed by atoms with Crippen LogP contribution >= 0.6 is 23.4 Å². The zero-order chi connectivity index (χ0) is 27.1. The van der Waals surface area contributed by atoms with Crippen molar-refractivity contribution in [2.75, 3.05) is 25.1 Å². The summed E-state index contributed by atoms with van der Waals surface area (Å²) in [5.74, 6) is -0.935. The molecule has 3 aromatic carbocycles. The fourth-order valence-electron chi connectivity index (χ4n) is 3.39.